The first-order valence-corrected chi connectivity index (χ1v) is 4.39. The van der Waals surface area contributed by atoms with Crippen LogP contribution in [0.5, 0.6) is 0 Å². The Kier molecular flexibility index (Phi) is 5.72. The number of esters is 1. The first-order chi connectivity index (χ1) is 5.61. The summed E-state index contributed by atoms with van der Waals surface area (Å²) in [5.41, 5.74) is 0. The van der Waals surface area contributed by atoms with E-state index in [0.29, 0.717) is 12.5 Å². The quantitative estimate of drug-likeness (QED) is 0.561. The van der Waals surface area contributed by atoms with Crippen molar-refractivity contribution in [1.82, 2.24) is 0 Å². The lowest BCUT2D eigenvalue weighted by Crippen LogP contribution is -2.26. The summed E-state index contributed by atoms with van der Waals surface area (Å²) < 4.78 is 4.86. The van der Waals surface area contributed by atoms with Crippen LogP contribution in [0.4, 0.5) is 0 Å². The lowest BCUT2D eigenvalue weighted by atomic mass is 9.96. The van der Waals surface area contributed by atoms with E-state index >= 15 is 0 Å². The molecule has 12 heavy (non-hydrogen) atoms. The molecule has 72 valence electrons. The van der Waals surface area contributed by atoms with Crippen molar-refractivity contribution in [2.24, 2.45) is 11.8 Å². The highest BCUT2D eigenvalue weighted by atomic mass is 16.5. The van der Waals surface area contributed by atoms with E-state index in [1.54, 1.807) is 6.92 Å². The van der Waals surface area contributed by atoms with Crippen LogP contribution in [-0.2, 0) is 9.53 Å². The largest absolute Gasteiger partial charge is 0.465 e. The Morgan fingerprint density at radius 1 is 1.58 bits per heavy atom. The van der Waals surface area contributed by atoms with Gasteiger partial charge in [-0.3, -0.25) is 4.79 Å². The SMILES string of the molecule is CC1COC(=O)C(C)C1.CCO. The van der Waals surface area contributed by atoms with E-state index in [1.165, 1.54) is 0 Å². The average Bonchev–Trinajstić information content (AvgIpc) is 1.99. The van der Waals surface area contributed by atoms with Gasteiger partial charge in [0.2, 0.25) is 0 Å². The van der Waals surface area contributed by atoms with Crippen molar-refractivity contribution >= 4 is 5.97 Å². The molecule has 1 saturated heterocycles. The summed E-state index contributed by atoms with van der Waals surface area (Å²) in [5, 5.41) is 7.57. The number of carbonyl (C=O) groups excluding carboxylic acids is 1. The first-order valence-electron chi connectivity index (χ1n) is 4.39. The van der Waals surface area contributed by atoms with Crippen molar-refractivity contribution in [3.05, 3.63) is 0 Å². The van der Waals surface area contributed by atoms with Gasteiger partial charge in [-0.1, -0.05) is 13.8 Å². The van der Waals surface area contributed by atoms with Crippen LogP contribution in [0.15, 0.2) is 0 Å². The van der Waals surface area contributed by atoms with Gasteiger partial charge in [0.1, 0.15) is 0 Å². The van der Waals surface area contributed by atoms with E-state index < -0.39 is 0 Å². The summed E-state index contributed by atoms with van der Waals surface area (Å²) in [6.45, 7) is 6.56. The molecule has 0 saturated carbocycles. The smallest absolute Gasteiger partial charge is 0.308 e. The van der Waals surface area contributed by atoms with Gasteiger partial charge in [-0.05, 0) is 19.3 Å². The lowest BCUT2D eigenvalue weighted by Gasteiger charge is -2.22. The normalized spacial score (nSPS) is 28.5. The van der Waals surface area contributed by atoms with Crippen molar-refractivity contribution in [3.8, 4) is 0 Å². The summed E-state index contributed by atoms with van der Waals surface area (Å²) in [6.07, 6.45) is 0.985. The van der Waals surface area contributed by atoms with E-state index in [1.807, 2.05) is 6.92 Å². The Hall–Kier alpha value is -0.570. The monoisotopic (exact) mass is 174 g/mol. The molecule has 2 atom stereocenters. The van der Waals surface area contributed by atoms with Crippen molar-refractivity contribution in [2.45, 2.75) is 27.2 Å². The van der Waals surface area contributed by atoms with Crippen LogP contribution < -0.4 is 0 Å². The number of rotatable bonds is 0. The minimum absolute atomic E-state index is 0.0342. The molecule has 1 aliphatic heterocycles. The van der Waals surface area contributed by atoms with Crippen LogP contribution in [0.3, 0.4) is 0 Å². The average molecular weight is 174 g/mol. The molecule has 0 aliphatic carbocycles. The number of aliphatic hydroxyl groups is 1. The maximum Gasteiger partial charge on any atom is 0.308 e. The summed E-state index contributed by atoms with van der Waals surface area (Å²) in [5.74, 6) is 0.638. The maximum atomic E-state index is 10.7. The van der Waals surface area contributed by atoms with Gasteiger partial charge < -0.3 is 9.84 Å². The predicted molar refractivity (Wildman–Crippen MR) is 46.7 cm³/mol. The molecule has 3 heteroatoms. The Morgan fingerprint density at radius 3 is 2.42 bits per heavy atom. The molecule has 1 fully saturated rings. The Balaban J connectivity index is 0.000000354. The van der Waals surface area contributed by atoms with Crippen LogP contribution >= 0.6 is 0 Å². The van der Waals surface area contributed by atoms with Gasteiger partial charge in [-0.25, -0.2) is 0 Å². The van der Waals surface area contributed by atoms with Crippen LogP contribution in [0, 0.1) is 11.8 Å². The molecule has 1 aliphatic rings. The summed E-state index contributed by atoms with van der Waals surface area (Å²) in [7, 11) is 0. The Labute approximate surface area is 73.7 Å². The van der Waals surface area contributed by atoms with E-state index in [0.717, 1.165) is 6.42 Å². The third-order valence-corrected chi connectivity index (χ3v) is 1.67. The number of ether oxygens (including phenoxy) is 1. The molecule has 0 radical (unpaired) electrons. The number of carbonyl (C=O) groups is 1. The third-order valence-electron chi connectivity index (χ3n) is 1.67. The molecule has 1 rings (SSSR count). The summed E-state index contributed by atoms with van der Waals surface area (Å²) >= 11 is 0. The second kappa shape index (κ2) is 6.00. The van der Waals surface area contributed by atoms with Gasteiger partial charge in [0.25, 0.3) is 0 Å². The minimum atomic E-state index is -0.0342. The van der Waals surface area contributed by atoms with Crippen LogP contribution in [0.2, 0.25) is 0 Å². The van der Waals surface area contributed by atoms with Crippen molar-refractivity contribution in [1.29, 1.82) is 0 Å². The lowest BCUT2D eigenvalue weighted by molar-refractivity contribution is -0.154. The molecule has 0 bridgehead atoms. The molecular weight excluding hydrogens is 156 g/mol. The molecular formula is C9H18O3. The zero-order chi connectivity index (χ0) is 9.56. The molecule has 0 spiro atoms. The van der Waals surface area contributed by atoms with Gasteiger partial charge in [0, 0.05) is 6.61 Å². The molecule has 1 heterocycles. The second-order valence-electron chi connectivity index (χ2n) is 3.19. The van der Waals surface area contributed by atoms with Gasteiger partial charge in [-0.2, -0.15) is 0 Å². The van der Waals surface area contributed by atoms with Gasteiger partial charge in [-0.15, -0.1) is 0 Å². The fourth-order valence-corrected chi connectivity index (χ4v) is 1.13. The van der Waals surface area contributed by atoms with Crippen molar-refractivity contribution in [3.63, 3.8) is 0 Å². The second-order valence-corrected chi connectivity index (χ2v) is 3.19. The molecule has 0 aromatic rings. The fourth-order valence-electron chi connectivity index (χ4n) is 1.13. The molecule has 1 N–H and O–H groups in total. The number of aliphatic hydroxyl groups excluding tert-OH is 1. The standard InChI is InChI=1S/C7H12O2.C2H6O/c1-5-3-6(2)7(8)9-4-5;1-2-3/h5-6H,3-4H2,1-2H3;3H,2H2,1H3. The molecule has 2 unspecified atom stereocenters. The summed E-state index contributed by atoms with van der Waals surface area (Å²) in [4.78, 5) is 10.7. The van der Waals surface area contributed by atoms with Crippen LogP contribution in [0.1, 0.15) is 27.2 Å². The Bertz CT molecular complexity index is 134. The van der Waals surface area contributed by atoms with E-state index in [9.17, 15) is 4.79 Å². The highest BCUT2D eigenvalue weighted by Gasteiger charge is 2.23. The highest BCUT2D eigenvalue weighted by molar-refractivity contribution is 5.72. The zero-order valence-corrected chi connectivity index (χ0v) is 8.04. The van der Waals surface area contributed by atoms with Crippen LogP contribution in [-0.4, -0.2) is 24.3 Å². The van der Waals surface area contributed by atoms with Crippen LogP contribution in [0.25, 0.3) is 0 Å². The zero-order valence-electron chi connectivity index (χ0n) is 8.04. The van der Waals surface area contributed by atoms with Crippen molar-refractivity contribution in [2.75, 3.05) is 13.2 Å². The highest BCUT2D eigenvalue weighted by Crippen LogP contribution is 2.18. The van der Waals surface area contributed by atoms with Gasteiger partial charge >= 0.3 is 5.97 Å². The minimum Gasteiger partial charge on any atom is -0.465 e. The molecule has 0 aromatic heterocycles. The van der Waals surface area contributed by atoms with E-state index in [4.69, 9.17) is 9.84 Å². The van der Waals surface area contributed by atoms with E-state index in [-0.39, 0.29) is 18.5 Å². The molecule has 0 amide bonds. The number of hydrogen-bond donors (Lipinski definition) is 1. The van der Waals surface area contributed by atoms with Crippen molar-refractivity contribution < 1.29 is 14.6 Å². The van der Waals surface area contributed by atoms with E-state index in [2.05, 4.69) is 6.92 Å². The maximum absolute atomic E-state index is 10.7. The van der Waals surface area contributed by atoms with Gasteiger partial charge in [0.15, 0.2) is 0 Å². The fraction of sp³-hybridized carbons (Fsp3) is 0.889. The van der Waals surface area contributed by atoms with Gasteiger partial charge in [0.05, 0.1) is 12.5 Å². The molecule has 0 aromatic carbocycles. The predicted octanol–water partition coefficient (Wildman–Crippen LogP) is 1.20. The topological polar surface area (TPSA) is 46.5 Å². The number of cyclic esters (lactones) is 1. The molecule has 3 nitrogen and oxygen atoms in total. The number of hydrogen-bond acceptors (Lipinski definition) is 3. The Morgan fingerprint density at radius 2 is 2.08 bits per heavy atom. The summed E-state index contributed by atoms with van der Waals surface area (Å²) in [6, 6.07) is 0. The first kappa shape index (κ1) is 11.4. The third kappa shape index (κ3) is 4.34.